The molecule has 24 heavy (non-hydrogen) atoms. The SMILES string of the molecule is CO[C@]1(C(F)(F)F)C[C@H]2C[C@@H]1C[C@@H]2NC(=O)c1cc(C(=O)O)co1. The minimum absolute atomic E-state index is 0.163. The zero-order valence-corrected chi connectivity index (χ0v) is 12.7. The normalized spacial score (nSPS) is 32.1. The summed E-state index contributed by atoms with van der Waals surface area (Å²) in [5.74, 6) is -3.08. The molecular formula is C15H16F3NO5. The van der Waals surface area contributed by atoms with Crippen LogP contribution in [0.2, 0.25) is 0 Å². The number of ether oxygens (including phenoxy) is 1. The molecule has 1 aromatic heterocycles. The maximum absolute atomic E-state index is 13.3. The summed E-state index contributed by atoms with van der Waals surface area (Å²) in [4.78, 5) is 22.9. The Hall–Kier alpha value is -2.03. The summed E-state index contributed by atoms with van der Waals surface area (Å²) in [7, 11) is 1.07. The van der Waals surface area contributed by atoms with Crippen LogP contribution in [-0.4, -0.2) is 41.9 Å². The first-order valence-corrected chi connectivity index (χ1v) is 7.42. The van der Waals surface area contributed by atoms with E-state index >= 15 is 0 Å². The third-order valence-electron chi connectivity index (χ3n) is 5.15. The van der Waals surface area contributed by atoms with Gasteiger partial charge in [-0.2, -0.15) is 13.2 Å². The van der Waals surface area contributed by atoms with Crippen LogP contribution in [0.25, 0.3) is 0 Å². The Balaban J connectivity index is 1.68. The number of amides is 1. The lowest BCUT2D eigenvalue weighted by atomic mass is 9.81. The second-order valence-corrected chi connectivity index (χ2v) is 6.31. The Morgan fingerprint density at radius 2 is 2.12 bits per heavy atom. The van der Waals surface area contributed by atoms with Gasteiger partial charge in [-0.05, 0) is 31.1 Å². The number of furan rings is 1. The van der Waals surface area contributed by atoms with Gasteiger partial charge in [0.05, 0.1) is 5.56 Å². The number of hydrogen-bond acceptors (Lipinski definition) is 4. The Labute approximate surface area is 135 Å². The molecule has 2 bridgehead atoms. The summed E-state index contributed by atoms with van der Waals surface area (Å²) >= 11 is 0. The van der Waals surface area contributed by atoms with Gasteiger partial charge in [0.25, 0.3) is 5.91 Å². The predicted molar refractivity (Wildman–Crippen MR) is 73.5 cm³/mol. The third kappa shape index (κ3) is 2.47. The molecule has 1 heterocycles. The molecule has 0 unspecified atom stereocenters. The summed E-state index contributed by atoms with van der Waals surface area (Å²) < 4.78 is 49.7. The Morgan fingerprint density at radius 1 is 1.42 bits per heavy atom. The fraction of sp³-hybridized carbons (Fsp3) is 0.600. The first-order chi connectivity index (χ1) is 11.2. The van der Waals surface area contributed by atoms with E-state index in [0.29, 0.717) is 6.42 Å². The zero-order valence-electron chi connectivity index (χ0n) is 12.7. The van der Waals surface area contributed by atoms with Gasteiger partial charge >= 0.3 is 12.1 Å². The van der Waals surface area contributed by atoms with E-state index in [0.717, 1.165) is 19.4 Å². The van der Waals surface area contributed by atoms with Gasteiger partial charge in [-0.15, -0.1) is 0 Å². The lowest BCUT2D eigenvalue weighted by Gasteiger charge is -2.40. The minimum atomic E-state index is -4.45. The highest BCUT2D eigenvalue weighted by molar-refractivity contribution is 5.95. The highest BCUT2D eigenvalue weighted by Crippen LogP contribution is 2.58. The summed E-state index contributed by atoms with van der Waals surface area (Å²) in [6.45, 7) is 0. The maximum Gasteiger partial charge on any atom is 0.417 e. The molecule has 1 amide bonds. The van der Waals surface area contributed by atoms with Crippen LogP contribution in [0.3, 0.4) is 0 Å². The van der Waals surface area contributed by atoms with Crippen molar-refractivity contribution in [2.75, 3.05) is 7.11 Å². The molecule has 1 aromatic rings. The van der Waals surface area contributed by atoms with E-state index in [-0.39, 0.29) is 30.1 Å². The van der Waals surface area contributed by atoms with Gasteiger partial charge in [-0.25, -0.2) is 4.79 Å². The smallest absolute Gasteiger partial charge is 0.417 e. The van der Waals surface area contributed by atoms with Crippen molar-refractivity contribution < 1.29 is 37.0 Å². The summed E-state index contributed by atoms with van der Waals surface area (Å²) in [6.07, 6.45) is -3.21. The van der Waals surface area contributed by atoms with Crippen LogP contribution in [0.5, 0.6) is 0 Å². The van der Waals surface area contributed by atoms with Crippen LogP contribution in [0.15, 0.2) is 16.7 Å². The van der Waals surface area contributed by atoms with Crippen molar-refractivity contribution in [2.45, 2.75) is 37.1 Å². The van der Waals surface area contributed by atoms with Gasteiger partial charge in [-0.3, -0.25) is 4.79 Å². The number of carbonyl (C=O) groups excluding carboxylic acids is 1. The molecule has 4 atom stereocenters. The molecule has 2 fully saturated rings. The third-order valence-corrected chi connectivity index (χ3v) is 5.15. The van der Waals surface area contributed by atoms with Crippen LogP contribution in [0.4, 0.5) is 13.2 Å². The van der Waals surface area contributed by atoms with Crippen LogP contribution >= 0.6 is 0 Å². The number of carboxylic acids is 1. The van der Waals surface area contributed by atoms with E-state index in [1.165, 1.54) is 0 Å². The van der Waals surface area contributed by atoms with E-state index in [1.807, 2.05) is 0 Å². The lowest BCUT2D eigenvalue weighted by Crippen LogP contribution is -2.54. The van der Waals surface area contributed by atoms with Crippen molar-refractivity contribution in [3.8, 4) is 0 Å². The number of aromatic carboxylic acids is 1. The second-order valence-electron chi connectivity index (χ2n) is 6.31. The second kappa shape index (κ2) is 5.51. The highest BCUT2D eigenvalue weighted by atomic mass is 19.4. The van der Waals surface area contributed by atoms with Crippen molar-refractivity contribution in [1.82, 2.24) is 5.32 Å². The number of fused-ring (bicyclic) bond motifs is 2. The van der Waals surface area contributed by atoms with Crippen LogP contribution in [-0.2, 0) is 4.74 Å². The minimum Gasteiger partial charge on any atom is -0.478 e. The molecule has 2 N–H and O–H groups in total. The van der Waals surface area contributed by atoms with Crippen molar-refractivity contribution in [3.05, 3.63) is 23.7 Å². The van der Waals surface area contributed by atoms with Crippen molar-refractivity contribution in [3.63, 3.8) is 0 Å². The highest BCUT2D eigenvalue weighted by Gasteiger charge is 2.68. The Bertz CT molecular complexity index is 670. The number of carboxylic acid groups (broad SMARTS) is 1. The molecule has 2 saturated carbocycles. The molecule has 0 aromatic carbocycles. The summed E-state index contributed by atoms with van der Waals surface area (Å²) in [5, 5.41) is 11.4. The molecule has 0 saturated heterocycles. The van der Waals surface area contributed by atoms with E-state index < -0.39 is 35.6 Å². The lowest BCUT2D eigenvalue weighted by molar-refractivity contribution is -0.287. The van der Waals surface area contributed by atoms with Gasteiger partial charge in [0.15, 0.2) is 11.4 Å². The largest absolute Gasteiger partial charge is 0.478 e. The van der Waals surface area contributed by atoms with E-state index in [2.05, 4.69) is 5.32 Å². The Morgan fingerprint density at radius 3 is 2.58 bits per heavy atom. The molecule has 0 spiro atoms. The van der Waals surface area contributed by atoms with Gasteiger partial charge in [0.1, 0.15) is 6.26 Å². The van der Waals surface area contributed by atoms with Crippen LogP contribution in [0.1, 0.15) is 40.2 Å². The van der Waals surface area contributed by atoms with Gasteiger partial charge in [-0.1, -0.05) is 0 Å². The van der Waals surface area contributed by atoms with Crippen molar-refractivity contribution >= 4 is 11.9 Å². The standard InChI is InChI=1S/C15H16F3NO5/c1-23-14(15(16,17)18)5-7-2-9(14)4-10(7)19-12(20)11-3-8(6-24-11)13(21)22/h3,6-7,9-10H,2,4-5H2,1H3,(H,19,20)(H,21,22)/t7-,9-,10+,14-/m1/s1. The number of hydrogen-bond donors (Lipinski definition) is 2. The molecule has 3 rings (SSSR count). The summed E-state index contributed by atoms with van der Waals surface area (Å²) in [5.41, 5.74) is -2.30. The molecule has 2 aliphatic rings. The first kappa shape index (κ1) is 16.8. The molecule has 132 valence electrons. The monoisotopic (exact) mass is 347 g/mol. The Kier molecular flexibility index (Phi) is 3.86. The van der Waals surface area contributed by atoms with E-state index in [9.17, 15) is 22.8 Å². The molecule has 0 radical (unpaired) electrons. The van der Waals surface area contributed by atoms with Crippen LogP contribution < -0.4 is 5.32 Å². The fourth-order valence-electron chi connectivity index (χ4n) is 3.98. The molecular weight excluding hydrogens is 331 g/mol. The topological polar surface area (TPSA) is 88.8 Å². The average molecular weight is 347 g/mol. The number of halogens is 3. The van der Waals surface area contributed by atoms with Crippen molar-refractivity contribution in [2.24, 2.45) is 11.8 Å². The summed E-state index contributed by atoms with van der Waals surface area (Å²) in [6, 6.07) is 0.673. The maximum atomic E-state index is 13.3. The molecule has 2 aliphatic carbocycles. The van der Waals surface area contributed by atoms with Crippen molar-refractivity contribution in [1.29, 1.82) is 0 Å². The number of alkyl halides is 3. The predicted octanol–water partition coefficient (Wildman–Crippen LogP) is 2.45. The van der Waals surface area contributed by atoms with E-state index in [4.69, 9.17) is 14.3 Å². The number of carbonyl (C=O) groups is 2. The number of rotatable bonds is 4. The van der Waals surface area contributed by atoms with E-state index in [1.54, 1.807) is 0 Å². The zero-order chi connectivity index (χ0) is 17.7. The fourth-order valence-corrected chi connectivity index (χ4v) is 3.98. The van der Waals surface area contributed by atoms with Crippen LogP contribution in [0, 0.1) is 11.8 Å². The molecule has 9 heteroatoms. The molecule has 0 aliphatic heterocycles. The van der Waals surface area contributed by atoms with Gasteiger partial charge in [0, 0.05) is 19.2 Å². The van der Waals surface area contributed by atoms with Gasteiger partial charge in [0.2, 0.25) is 0 Å². The first-order valence-electron chi connectivity index (χ1n) is 7.42. The van der Waals surface area contributed by atoms with Gasteiger partial charge < -0.3 is 19.6 Å². The molecule has 6 nitrogen and oxygen atoms in total. The number of nitrogens with one attached hydrogen (secondary N) is 1. The number of methoxy groups -OCH3 is 1. The average Bonchev–Trinajstić information content (AvgIpc) is 3.19. The quantitative estimate of drug-likeness (QED) is 0.873.